The van der Waals surface area contributed by atoms with Crippen molar-refractivity contribution in [3.63, 3.8) is 0 Å². The molecule has 2 amide bonds. The number of aliphatic hydroxyl groups excluding tert-OH is 1. The minimum Gasteiger partial charge on any atom is -0.394 e. The molecule has 0 radical (unpaired) electrons. The molecular formula is C22H30N2O3. The van der Waals surface area contributed by atoms with Gasteiger partial charge in [-0.2, -0.15) is 0 Å². The van der Waals surface area contributed by atoms with Gasteiger partial charge >= 0.3 is 0 Å². The van der Waals surface area contributed by atoms with E-state index >= 15 is 0 Å². The highest BCUT2D eigenvalue weighted by molar-refractivity contribution is 5.83. The summed E-state index contributed by atoms with van der Waals surface area (Å²) in [5.41, 5.74) is 2.24. The number of likely N-dealkylation sites (tertiary alicyclic amines) is 1. The third-order valence-electron chi connectivity index (χ3n) is 5.78. The van der Waals surface area contributed by atoms with Crippen molar-refractivity contribution in [2.45, 2.75) is 51.1 Å². The first-order valence-corrected chi connectivity index (χ1v) is 9.91. The number of rotatable bonds is 7. The fraction of sp³-hybridized carbons (Fsp3) is 0.545. The standard InChI is InChI=1S/C22H30N2O3/c1-4-6-15-7-9-16(10-8-15)21-18(13-23(3)20(26)5-2)24(19(21)14-25)22(27)17-11-12-17/h4,6-10,17-19,21,25H,5,11-14H2,1-3H3/b6-4+/t18-,19+,21-/m0/s1. The summed E-state index contributed by atoms with van der Waals surface area (Å²) in [6.45, 7) is 4.28. The van der Waals surface area contributed by atoms with Crippen LogP contribution in [0.2, 0.25) is 0 Å². The molecule has 1 heterocycles. The van der Waals surface area contributed by atoms with Crippen LogP contribution in [0.5, 0.6) is 0 Å². The van der Waals surface area contributed by atoms with E-state index in [0.29, 0.717) is 13.0 Å². The second kappa shape index (κ2) is 8.26. The zero-order valence-electron chi connectivity index (χ0n) is 16.5. The molecule has 1 aromatic rings. The normalized spacial score (nSPS) is 24.7. The highest BCUT2D eigenvalue weighted by Gasteiger charge is 2.53. The van der Waals surface area contributed by atoms with Gasteiger partial charge in [-0.15, -0.1) is 0 Å². The van der Waals surface area contributed by atoms with Crippen LogP contribution >= 0.6 is 0 Å². The molecule has 0 spiro atoms. The average molecular weight is 370 g/mol. The number of nitrogens with zero attached hydrogens (tertiary/aromatic N) is 2. The van der Waals surface area contributed by atoms with Crippen LogP contribution in [-0.4, -0.2) is 59.0 Å². The first-order chi connectivity index (χ1) is 13.0. The maximum absolute atomic E-state index is 12.8. The second-order valence-corrected chi connectivity index (χ2v) is 7.66. The Kier molecular flexibility index (Phi) is 6.00. The molecule has 1 saturated heterocycles. The van der Waals surface area contributed by atoms with Crippen molar-refractivity contribution in [1.29, 1.82) is 0 Å². The lowest BCUT2D eigenvalue weighted by molar-refractivity contribution is -0.155. The van der Waals surface area contributed by atoms with Crippen molar-refractivity contribution in [2.24, 2.45) is 5.92 Å². The smallest absolute Gasteiger partial charge is 0.226 e. The van der Waals surface area contributed by atoms with Crippen LogP contribution in [0.25, 0.3) is 6.08 Å². The van der Waals surface area contributed by atoms with Gasteiger partial charge in [0.05, 0.1) is 18.7 Å². The van der Waals surface area contributed by atoms with Gasteiger partial charge in [0.2, 0.25) is 11.8 Å². The minimum atomic E-state index is -0.208. The van der Waals surface area contributed by atoms with Crippen molar-refractivity contribution >= 4 is 17.9 Å². The zero-order chi connectivity index (χ0) is 19.6. The van der Waals surface area contributed by atoms with Crippen LogP contribution in [0.15, 0.2) is 30.3 Å². The molecule has 2 aliphatic rings. The third kappa shape index (κ3) is 3.93. The largest absolute Gasteiger partial charge is 0.394 e. The van der Waals surface area contributed by atoms with Crippen molar-refractivity contribution in [3.05, 3.63) is 41.5 Å². The molecule has 5 heteroatoms. The van der Waals surface area contributed by atoms with Crippen LogP contribution in [0.1, 0.15) is 50.2 Å². The molecule has 0 aromatic heterocycles. The summed E-state index contributed by atoms with van der Waals surface area (Å²) in [5.74, 6) is 0.359. The van der Waals surface area contributed by atoms with Gasteiger partial charge in [0, 0.05) is 31.8 Å². The van der Waals surface area contributed by atoms with Gasteiger partial charge in [0.1, 0.15) is 0 Å². The van der Waals surface area contributed by atoms with Gasteiger partial charge in [-0.3, -0.25) is 9.59 Å². The van der Waals surface area contributed by atoms with E-state index in [0.717, 1.165) is 24.0 Å². The van der Waals surface area contributed by atoms with Crippen LogP contribution in [0, 0.1) is 5.92 Å². The van der Waals surface area contributed by atoms with Gasteiger partial charge < -0.3 is 14.9 Å². The molecule has 1 N–H and O–H groups in total. The summed E-state index contributed by atoms with van der Waals surface area (Å²) < 4.78 is 0. The summed E-state index contributed by atoms with van der Waals surface area (Å²) in [7, 11) is 1.80. The Balaban J connectivity index is 1.86. The van der Waals surface area contributed by atoms with E-state index in [-0.39, 0.29) is 42.3 Å². The fourth-order valence-electron chi connectivity index (χ4n) is 4.14. The summed E-state index contributed by atoms with van der Waals surface area (Å²) in [5, 5.41) is 10.00. The lowest BCUT2D eigenvalue weighted by atomic mass is 9.74. The van der Waals surface area contributed by atoms with Crippen LogP contribution in [0.3, 0.4) is 0 Å². The molecule has 1 saturated carbocycles. The van der Waals surface area contributed by atoms with E-state index in [9.17, 15) is 14.7 Å². The molecular weight excluding hydrogens is 340 g/mol. The number of likely N-dealkylation sites (N-methyl/N-ethyl adjacent to an activating group) is 1. The number of carbonyl (C=O) groups excluding carboxylic acids is 2. The number of allylic oxidation sites excluding steroid dienone is 1. The quantitative estimate of drug-likeness (QED) is 0.803. The van der Waals surface area contributed by atoms with E-state index in [4.69, 9.17) is 0 Å². The molecule has 146 valence electrons. The third-order valence-corrected chi connectivity index (χ3v) is 5.78. The average Bonchev–Trinajstić information content (AvgIpc) is 3.50. The van der Waals surface area contributed by atoms with E-state index < -0.39 is 0 Å². The Morgan fingerprint density at radius 1 is 1.22 bits per heavy atom. The minimum absolute atomic E-state index is 0.0458. The van der Waals surface area contributed by atoms with E-state index in [1.807, 2.05) is 30.9 Å². The fourth-order valence-corrected chi connectivity index (χ4v) is 4.14. The molecule has 0 unspecified atom stereocenters. The Bertz CT molecular complexity index is 709. The van der Waals surface area contributed by atoms with Crippen molar-refractivity contribution in [1.82, 2.24) is 9.80 Å². The van der Waals surface area contributed by atoms with Crippen LogP contribution in [-0.2, 0) is 9.59 Å². The summed E-state index contributed by atoms with van der Waals surface area (Å²) >= 11 is 0. The lowest BCUT2D eigenvalue weighted by Gasteiger charge is -2.56. The van der Waals surface area contributed by atoms with Crippen molar-refractivity contribution in [3.8, 4) is 0 Å². The first-order valence-electron chi connectivity index (χ1n) is 9.91. The lowest BCUT2D eigenvalue weighted by Crippen LogP contribution is -2.69. The summed E-state index contributed by atoms with van der Waals surface area (Å²) in [4.78, 5) is 28.5. The number of carbonyl (C=O) groups is 2. The maximum Gasteiger partial charge on any atom is 0.226 e. The maximum atomic E-state index is 12.8. The molecule has 2 fully saturated rings. The monoisotopic (exact) mass is 370 g/mol. The summed E-state index contributed by atoms with van der Waals surface area (Å²) in [6.07, 6.45) is 6.37. The number of hydrogen-bond donors (Lipinski definition) is 1. The van der Waals surface area contributed by atoms with Gasteiger partial charge in [0.25, 0.3) is 0 Å². The Morgan fingerprint density at radius 2 is 1.89 bits per heavy atom. The predicted octanol–water partition coefficient (Wildman–Crippen LogP) is 2.65. The van der Waals surface area contributed by atoms with E-state index in [1.165, 1.54) is 0 Å². The highest BCUT2D eigenvalue weighted by Crippen LogP contribution is 2.44. The van der Waals surface area contributed by atoms with Crippen molar-refractivity contribution < 1.29 is 14.7 Å². The molecule has 3 rings (SSSR count). The zero-order valence-corrected chi connectivity index (χ0v) is 16.5. The van der Waals surface area contributed by atoms with Gasteiger partial charge in [-0.05, 0) is 30.9 Å². The van der Waals surface area contributed by atoms with Crippen LogP contribution < -0.4 is 0 Å². The predicted molar refractivity (Wildman–Crippen MR) is 106 cm³/mol. The SMILES string of the molecule is C/C=C/c1ccc([C@@H]2[C@@H](CO)N(C(=O)C3CC3)[C@H]2CN(C)C(=O)CC)cc1. The summed E-state index contributed by atoms with van der Waals surface area (Å²) in [6, 6.07) is 8.00. The van der Waals surface area contributed by atoms with Crippen molar-refractivity contribution in [2.75, 3.05) is 20.2 Å². The topological polar surface area (TPSA) is 60.9 Å². The molecule has 5 nitrogen and oxygen atoms in total. The number of aliphatic hydroxyl groups is 1. The van der Waals surface area contributed by atoms with Crippen LogP contribution in [0.4, 0.5) is 0 Å². The second-order valence-electron chi connectivity index (χ2n) is 7.66. The van der Waals surface area contributed by atoms with Gasteiger partial charge in [0.15, 0.2) is 0 Å². The number of amides is 2. The molecule has 3 atom stereocenters. The van der Waals surface area contributed by atoms with E-state index in [2.05, 4.69) is 24.3 Å². The molecule has 1 aromatic carbocycles. The molecule has 27 heavy (non-hydrogen) atoms. The molecule has 1 aliphatic heterocycles. The Labute approximate surface area is 161 Å². The van der Waals surface area contributed by atoms with Gasteiger partial charge in [-0.25, -0.2) is 0 Å². The highest BCUT2D eigenvalue weighted by atomic mass is 16.3. The molecule has 0 bridgehead atoms. The Morgan fingerprint density at radius 3 is 2.41 bits per heavy atom. The van der Waals surface area contributed by atoms with E-state index in [1.54, 1.807) is 11.9 Å². The van der Waals surface area contributed by atoms with Gasteiger partial charge in [-0.1, -0.05) is 43.3 Å². The Hall–Kier alpha value is -2.14. The molecule has 1 aliphatic carbocycles. The number of hydrogen-bond acceptors (Lipinski definition) is 3. The number of benzene rings is 1. The first kappa shape index (κ1) is 19.6.